The monoisotopic (exact) mass is 283 g/mol. The Hall–Kier alpha value is -1.97. The molecule has 1 fully saturated rings. The molecule has 21 heavy (non-hydrogen) atoms. The number of ether oxygens (including phenoxy) is 1. The second-order valence-corrected chi connectivity index (χ2v) is 6.05. The Bertz CT molecular complexity index is 634. The van der Waals surface area contributed by atoms with Crippen LogP contribution in [0, 0.1) is 0 Å². The molecule has 0 saturated heterocycles. The third-order valence-electron chi connectivity index (χ3n) is 4.95. The molecule has 1 aromatic heterocycles. The minimum atomic E-state index is 0.0403. The fourth-order valence-corrected chi connectivity index (χ4v) is 3.64. The lowest BCUT2D eigenvalue weighted by atomic mass is 9.62. The lowest BCUT2D eigenvalue weighted by Crippen LogP contribution is -2.36. The smallest absolute Gasteiger partial charge is 0.124 e. The Morgan fingerprint density at radius 1 is 1.24 bits per heavy atom. The van der Waals surface area contributed by atoms with Crippen molar-refractivity contribution in [1.82, 2.24) is 9.78 Å². The van der Waals surface area contributed by atoms with Crippen LogP contribution in [0.4, 0.5) is 5.82 Å². The lowest BCUT2D eigenvalue weighted by Gasteiger charge is -2.41. The van der Waals surface area contributed by atoms with Gasteiger partial charge in [0, 0.05) is 30.1 Å². The number of aryl methyl sites for hydroxylation is 1. The number of hydrogen-bond donors (Lipinski definition) is 1. The van der Waals surface area contributed by atoms with Gasteiger partial charge in [-0.25, -0.2) is 4.68 Å². The van der Waals surface area contributed by atoms with Crippen molar-refractivity contribution in [2.24, 2.45) is 0 Å². The quantitative estimate of drug-likeness (QED) is 0.940. The van der Waals surface area contributed by atoms with E-state index in [1.807, 2.05) is 6.07 Å². The second-order valence-electron chi connectivity index (χ2n) is 6.05. The maximum atomic E-state index is 5.60. The van der Waals surface area contributed by atoms with Crippen LogP contribution < -0.4 is 10.1 Å². The van der Waals surface area contributed by atoms with E-state index in [1.54, 1.807) is 7.11 Å². The maximum Gasteiger partial charge on any atom is 0.124 e. The summed E-state index contributed by atoms with van der Waals surface area (Å²) in [4.78, 5) is 0. The molecule has 4 rings (SSSR count). The summed E-state index contributed by atoms with van der Waals surface area (Å²) in [5.41, 5.74) is 2.52. The average Bonchev–Trinajstić information content (AvgIpc) is 2.90. The first-order valence-corrected chi connectivity index (χ1v) is 7.79. The van der Waals surface area contributed by atoms with E-state index in [2.05, 4.69) is 34.3 Å². The van der Waals surface area contributed by atoms with Crippen LogP contribution in [-0.4, -0.2) is 23.4 Å². The zero-order chi connectivity index (χ0) is 14.3. The molecule has 2 aliphatic rings. The van der Waals surface area contributed by atoms with E-state index in [-0.39, 0.29) is 5.41 Å². The van der Waals surface area contributed by atoms with Crippen LogP contribution in [0.3, 0.4) is 0 Å². The molecule has 0 amide bonds. The van der Waals surface area contributed by atoms with Crippen LogP contribution in [0.15, 0.2) is 30.3 Å². The molecule has 2 aromatic rings. The second kappa shape index (κ2) is 4.79. The van der Waals surface area contributed by atoms with Crippen LogP contribution in [-0.2, 0) is 12.0 Å². The standard InChI is InChI=1S/C17H21N3O/c1-21-14-7-3-2-6-13(14)17(8-4-9-17)15-12-16-18-10-5-11-20(16)19-15/h2-3,6-7,12,18H,4-5,8-11H2,1H3. The Labute approximate surface area is 125 Å². The van der Waals surface area contributed by atoms with Crippen molar-refractivity contribution in [2.45, 2.75) is 37.6 Å². The molecular weight excluding hydrogens is 262 g/mol. The maximum absolute atomic E-state index is 5.60. The normalized spacial score (nSPS) is 19.3. The highest BCUT2D eigenvalue weighted by molar-refractivity contribution is 5.50. The minimum Gasteiger partial charge on any atom is -0.496 e. The van der Waals surface area contributed by atoms with Crippen LogP contribution >= 0.6 is 0 Å². The van der Waals surface area contributed by atoms with Crippen molar-refractivity contribution >= 4 is 5.82 Å². The molecule has 0 spiro atoms. The van der Waals surface area contributed by atoms with Gasteiger partial charge < -0.3 is 10.1 Å². The largest absolute Gasteiger partial charge is 0.496 e. The number of methoxy groups -OCH3 is 1. The van der Waals surface area contributed by atoms with E-state index in [0.29, 0.717) is 0 Å². The van der Waals surface area contributed by atoms with Crippen LogP contribution in [0.5, 0.6) is 5.75 Å². The first-order chi connectivity index (χ1) is 10.3. The summed E-state index contributed by atoms with van der Waals surface area (Å²) in [6.07, 6.45) is 4.72. The molecule has 110 valence electrons. The minimum absolute atomic E-state index is 0.0403. The summed E-state index contributed by atoms with van der Waals surface area (Å²) in [5.74, 6) is 2.15. The van der Waals surface area contributed by atoms with Gasteiger partial charge in [-0.1, -0.05) is 24.6 Å². The lowest BCUT2D eigenvalue weighted by molar-refractivity contribution is 0.278. The summed E-state index contributed by atoms with van der Waals surface area (Å²) in [6, 6.07) is 10.6. The van der Waals surface area contributed by atoms with Crippen LogP contribution in [0.1, 0.15) is 36.9 Å². The number of hydrogen-bond acceptors (Lipinski definition) is 3. The number of benzene rings is 1. The van der Waals surface area contributed by atoms with Gasteiger partial charge in [0.15, 0.2) is 0 Å². The van der Waals surface area contributed by atoms with Crippen LogP contribution in [0.2, 0.25) is 0 Å². The molecule has 4 nitrogen and oxygen atoms in total. The molecule has 0 atom stereocenters. The van der Waals surface area contributed by atoms with Crippen molar-refractivity contribution in [1.29, 1.82) is 0 Å². The first kappa shape index (κ1) is 12.7. The van der Waals surface area contributed by atoms with Gasteiger partial charge in [0.25, 0.3) is 0 Å². The molecule has 0 unspecified atom stereocenters. The van der Waals surface area contributed by atoms with Crippen molar-refractivity contribution < 1.29 is 4.74 Å². The van der Waals surface area contributed by atoms with Gasteiger partial charge >= 0.3 is 0 Å². The topological polar surface area (TPSA) is 39.1 Å². The average molecular weight is 283 g/mol. The van der Waals surface area contributed by atoms with Gasteiger partial charge in [-0.15, -0.1) is 0 Å². The fourth-order valence-electron chi connectivity index (χ4n) is 3.64. The van der Waals surface area contributed by atoms with Crippen LogP contribution in [0.25, 0.3) is 0 Å². The molecule has 2 heterocycles. The molecule has 4 heteroatoms. The molecule has 0 bridgehead atoms. The summed E-state index contributed by atoms with van der Waals surface area (Å²) in [6.45, 7) is 2.07. The number of aromatic nitrogens is 2. The van der Waals surface area contributed by atoms with E-state index in [4.69, 9.17) is 9.84 Å². The zero-order valence-electron chi connectivity index (χ0n) is 12.4. The Morgan fingerprint density at radius 3 is 2.81 bits per heavy atom. The third-order valence-corrected chi connectivity index (χ3v) is 4.95. The highest BCUT2D eigenvalue weighted by Crippen LogP contribution is 2.51. The molecular formula is C17H21N3O. The summed E-state index contributed by atoms with van der Waals surface area (Å²) in [7, 11) is 1.75. The number of fused-ring (bicyclic) bond motifs is 1. The number of anilines is 1. The van der Waals surface area contributed by atoms with Crippen molar-refractivity contribution in [3.63, 3.8) is 0 Å². The molecule has 1 aromatic carbocycles. The number of nitrogens with zero attached hydrogens (tertiary/aromatic N) is 2. The number of nitrogens with one attached hydrogen (secondary N) is 1. The summed E-state index contributed by atoms with van der Waals surface area (Å²) in [5, 5.41) is 8.35. The molecule has 1 aliphatic heterocycles. The third kappa shape index (κ3) is 1.85. The zero-order valence-corrected chi connectivity index (χ0v) is 12.4. The fraction of sp³-hybridized carbons (Fsp3) is 0.471. The SMILES string of the molecule is COc1ccccc1C1(c2cc3n(n2)CCCN3)CCC1. The van der Waals surface area contributed by atoms with E-state index in [9.17, 15) is 0 Å². The van der Waals surface area contributed by atoms with Crippen molar-refractivity contribution in [3.8, 4) is 5.75 Å². The van der Waals surface area contributed by atoms with E-state index in [0.717, 1.165) is 43.9 Å². The van der Waals surface area contributed by atoms with E-state index >= 15 is 0 Å². The molecule has 1 saturated carbocycles. The highest BCUT2D eigenvalue weighted by atomic mass is 16.5. The summed E-state index contributed by atoms with van der Waals surface area (Å²) >= 11 is 0. The number of para-hydroxylation sites is 1. The van der Waals surface area contributed by atoms with Gasteiger partial charge in [0.1, 0.15) is 11.6 Å². The van der Waals surface area contributed by atoms with Gasteiger partial charge in [0.2, 0.25) is 0 Å². The Balaban J connectivity index is 1.81. The number of rotatable bonds is 3. The molecule has 1 aliphatic carbocycles. The van der Waals surface area contributed by atoms with Gasteiger partial charge in [-0.3, -0.25) is 0 Å². The van der Waals surface area contributed by atoms with Gasteiger partial charge in [0.05, 0.1) is 12.8 Å². The van der Waals surface area contributed by atoms with Crippen molar-refractivity contribution in [3.05, 3.63) is 41.6 Å². The first-order valence-electron chi connectivity index (χ1n) is 7.79. The predicted molar refractivity (Wildman–Crippen MR) is 83.0 cm³/mol. The van der Waals surface area contributed by atoms with Crippen molar-refractivity contribution in [2.75, 3.05) is 19.0 Å². The van der Waals surface area contributed by atoms with E-state index in [1.165, 1.54) is 17.7 Å². The predicted octanol–water partition coefficient (Wildman–Crippen LogP) is 3.18. The Kier molecular flexibility index (Phi) is 2.91. The Morgan fingerprint density at radius 2 is 2.10 bits per heavy atom. The summed E-state index contributed by atoms with van der Waals surface area (Å²) < 4.78 is 7.72. The molecule has 0 radical (unpaired) electrons. The van der Waals surface area contributed by atoms with E-state index < -0.39 is 0 Å². The van der Waals surface area contributed by atoms with Gasteiger partial charge in [-0.05, 0) is 25.3 Å². The van der Waals surface area contributed by atoms with Gasteiger partial charge in [-0.2, -0.15) is 5.10 Å². The molecule has 1 N–H and O–H groups in total. The highest BCUT2D eigenvalue weighted by Gasteiger charge is 2.44.